The average Bonchev–Trinajstić information content (AvgIpc) is 2.36. The third kappa shape index (κ3) is 1.94. The van der Waals surface area contributed by atoms with E-state index in [1.165, 1.54) is 0 Å². The van der Waals surface area contributed by atoms with Gasteiger partial charge in [0.15, 0.2) is 0 Å². The van der Waals surface area contributed by atoms with Gasteiger partial charge in [-0.1, -0.05) is 0 Å². The smallest absolute Gasteiger partial charge is 0.259 e. The number of hydrogen-bond acceptors (Lipinski definition) is 2. The summed E-state index contributed by atoms with van der Waals surface area (Å²) in [5.74, 6) is -0.484. The topological polar surface area (TPSA) is 41.1 Å². The molecule has 1 aliphatic heterocycles. The fourth-order valence-corrected chi connectivity index (χ4v) is 1.25. The molecule has 0 aliphatic carbocycles. The molecule has 0 bridgehead atoms. The van der Waals surface area contributed by atoms with Crippen LogP contribution in [0.25, 0.3) is 0 Å². The predicted molar refractivity (Wildman–Crippen MR) is 44.6 cm³/mol. The first-order chi connectivity index (χ1) is 5.54. The van der Waals surface area contributed by atoms with Crippen molar-refractivity contribution in [2.75, 3.05) is 13.1 Å². The van der Waals surface area contributed by atoms with E-state index in [0.717, 1.165) is 0 Å². The van der Waals surface area contributed by atoms with Crippen molar-refractivity contribution in [2.24, 2.45) is 0 Å². The molecule has 1 rings (SSSR count). The molecule has 1 fully saturated rings. The first kappa shape index (κ1) is 9.45. The summed E-state index contributed by atoms with van der Waals surface area (Å²) in [6.07, 6.45) is 0.283. The fraction of sp³-hybridized carbons (Fsp3) is 0.875. The van der Waals surface area contributed by atoms with Gasteiger partial charge in [0, 0.05) is 19.0 Å². The summed E-state index contributed by atoms with van der Waals surface area (Å²) >= 11 is 0. The van der Waals surface area contributed by atoms with E-state index in [1.807, 2.05) is 13.8 Å². The molecule has 0 aromatic heterocycles. The summed E-state index contributed by atoms with van der Waals surface area (Å²) in [6, 6.07) is 0.00530. The van der Waals surface area contributed by atoms with Crippen LogP contribution in [0.2, 0.25) is 0 Å². The predicted octanol–water partition coefficient (Wildman–Crippen LogP) is 0.213. The van der Waals surface area contributed by atoms with E-state index in [9.17, 15) is 9.18 Å². The Labute approximate surface area is 71.7 Å². The molecule has 3 nitrogen and oxygen atoms in total. The van der Waals surface area contributed by atoms with Gasteiger partial charge in [-0.2, -0.15) is 0 Å². The van der Waals surface area contributed by atoms with Gasteiger partial charge in [0.25, 0.3) is 5.91 Å². The van der Waals surface area contributed by atoms with Crippen LogP contribution in [0.4, 0.5) is 4.39 Å². The van der Waals surface area contributed by atoms with Crippen LogP contribution < -0.4 is 10.6 Å². The molecule has 0 spiro atoms. The SMILES string of the molecule is CC(C)NC(=O)[C@@]1(F)CCNC1. The van der Waals surface area contributed by atoms with Crippen molar-refractivity contribution in [1.82, 2.24) is 10.6 Å². The molecule has 2 N–H and O–H groups in total. The minimum absolute atomic E-state index is 0.00530. The molecule has 0 saturated carbocycles. The van der Waals surface area contributed by atoms with Gasteiger partial charge in [-0.3, -0.25) is 4.79 Å². The second-order valence-corrected chi connectivity index (χ2v) is 3.52. The van der Waals surface area contributed by atoms with Crippen LogP contribution in [0, 0.1) is 0 Å². The number of halogens is 1. The summed E-state index contributed by atoms with van der Waals surface area (Å²) in [7, 11) is 0. The minimum Gasteiger partial charge on any atom is -0.351 e. The van der Waals surface area contributed by atoms with Gasteiger partial charge < -0.3 is 10.6 Å². The van der Waals surface area contributed by atoms with Gasteiger partial charge in [-0.25, -0.2) is 4.39 Å². The van der Waals surface area contributed by atoms with Crippen LogP contribution in [-0.2, 0) is 4.79 Å². The Kier molecular flexibility index (Phi) is 2.67. The van der Waals surface area contributed by atoms with Crippen molar-refractivity contribution in [2.45, 2.75) is 32.0 Å². The highest BCUT2D eigenvalue weighted by Gasteiger charge is 2.41. The normalized spacial score (nSPS) is 29.3. The van der Waals surface area contributed by atoms with Crippen LogP contribution in [0.3, 0.4) is 0 Å². The molecule has 0 aromatic carbocycles. The molecule has 1 aliphatic rings. The minimum atomic E-state index is -1.68. The zero-order valence-electron chi connectivity index (χ0n) is 7.48. The lowest BCUT2D eigenvalue weighted by Crippen LogP contribution is -2.47. The molecule has 1 amide bonds. The standard InChI is InChI=1S/C8H15FN2O/c1-6(2)11-7(12)8(9)3-4-10-5-8/h6,10H,3-5H2,1-2H3,(H,11,12)/t8-/m1/s1. The molecule has 1 saturated heterocycles. The Balaban J connectivity index is 2.50. The van der Waals surface area contributed by atoms with E-state index in [4.69, 9.17) is 0 Å². The van der Waals surface area contributed by atoms with Gasteiger partial charge in [-0.15, -0.1) is 0 Å². The van der Waals surface area contributed by atoms with Crippen LogP contribution in [0.5, 0.6) is 0 Å². The molecule has 70 valence electrons. The Morgan fingerprint density at radius 2 is 2.33 bits per heavy atom. The number of rotatable bonds is 2. The lowest BCUT2D eigenvalue weighted by atomic mass is 10.0. The Bertz CT molecular complexity index is 176. The Morgan fingerprint density at radius 3 is 2.75 bits per heavy atom. The number of hydrogen-bond donors (Lipinski definition) is 2. The molecule has 4 heteroatoms. The number of amides is 1. The van der Waals surface area contributed by atoms with Crippen molar-refractivity contribution in [1.29, 1.82) is 0 Å². The van der Waals surface area contributed by atoms with Gasteiger partial charge >= 0.3 is 0 Å². The molecule has 0 radical (unpaired) electrons. The molecule has 12 heavy (non-hydrogen) atoms. The lowest BCUT2D eigenvalue weighted by Gasteiger charge is -2.19. The third-order valence-electron chi connectivity index (χ3n) is 1.93. The zero-order valence-corrected chi connectivity index (χ0v) is 7.48. The molecule has 1 heterocycles. The van der Waals surface area contributed by atoms with Gasteiger partial charge in [-0.05, 0) is 20.4 Å². The maximum Gasteiger partial charge on any atom is 0.259 e. The second-order valence-electron chi connectivity index (χ2n) is 3.52. The van der Waals surface area contributed by atoms with Crippen molar-refractivity contribution >= 4 is 5.91 Å². The highest BCUT2D eigenvalue weighted by Crippen LogP contribution is 2.19. The van der Waals surface area contributed by atoms with E-state index < -0.39 is 11.6 Å². The van der Waals surface area contributed by atoms with E-state index in [2.05, 4.69) is 10.6 Å². The number of alkyl halides is 1. The first-order valence-corrected chi connectivity index (χ1v) is 4.25. The van der Waals surface area contributed by atoms with Crippen LogP contribution in [0.1, 0.15) is 20.3 Å². The highest BCUT2D eigenvalue weighted by molar-refractivity contribution is 5.85. The molecule has 0 unspecified atom stereocenters. The van der Waals surface area contributed by atoms with Crippen molar-refractivity contribution < 1.29 is 9.18 Å². The fourth-order valence-electron chi connectivity index (χ4n) is 1.25. The largest absolute Gasteiger partial charge is 0.351 e. The van der Waals surface area contributed by atoms with E-state index in [0.29, 0.717) is 6.54 Å². The molecular weight excluding hydrogens is 159 g/mol. The summed E-state index contributed by atoms with van der Waals surface area (Å²) < 4.78 is 13.6. The van der Waals surface area contributed by atoms with Crippen LogP contribution >= 0.6 is 0 Å². The van der Waals surface area contributed by atoms with E-state index in [1.54, 1.807) is 0 Å². The van der Waals surface area contributed by atoms with Crippen molar-refractivity contribution in [3.63, 3.8) is 0 Å². The molecule has 0 aromatic rings. The summed E-state index contributed by atoms with van der Waals surface area (Å²) in [6.45, 7) is 4.38. The van der Waals surface area contributed by atoms with E-state index in [-0.39, 0.29) is 19.0 Å². The summed E-state index contributed by atoms with van der Waals surface area (Å²) in [4.78, 5) is 11.3. The van der Waals surface area contributed by atoms with Gasteiger partial charge in [0.2, 0.25) is 5.67 Å². The summed E-state index contributed by atoms with van der Waals surface area (Å²) in [5, 5.41) is 5.40. The maximum absolute atomic E-state index is 13.6. The molecular formula is C8H15FN2O. The average molecular weight is 174 g/mol. The Hall–Kier alpha value is -0.640. The highest BCUT2D eigenvalue weighted by atomic mass is 19.1. The zero-order chi connectivity index (χ0) is 9.19. The molecule has 1 atom stereocenters. The number of carbonyl (C=O) groups excluding carboxylic acids is 1. The monoisotopic (exact) mass is 174 g/mol. The Morgan fingerprint density at radius 1 is 1.67 bits per heavy atom. The lowest BCUT2D eigenvalue weighted by molar-refractivity contribution is -0.132. The maximum atomic E-state index is 13.6. The first-order valence-electron chi connectivity index (χ1n) is 4.25. The van der Waals surface area contributed by atoms with Crippen LogP contribution in [0.15, 0.2) is 0 Å². The quantitative estimate of drug-likeness (QED) is 0.628. The van der Waals surface area contributed by atoms with Crippen molar-refractivity contribution in [3.05, 3.63) is 0 Å². The van der Waals surface area contributed by atoms with E-state index >= 15 is 0 Å². The van der Waals surface area contributed by atoms with Gasteiger partial charge in [0.1, 0.15) is 0 Å². The summed E-state index contributed by atoms with van der Waals surface area (Å²) in [5.41, 5.74) is -1.68. The van der Waals surface area contributed by atoms with Gasteiger partial charge in [0.05, 0.1) is 0 Å². The number of carbonyl (C=O) groups is 1. The third-order valence-corrected chi connectivity index (χ3v) is 1.93. The number of nitrogens with one attached hydrogen (secondary N) is 2. The second kappa shape index (κ2) is 3.39. The van der Waals surface area contributed by atoms with Crippen LogP contribution in [-0.4, -0.2) is 30.7 Å². The van der Waals surface area contributed by atoms with Crippen molar-refractivity contribution in [3.8, 4) is 0 Å².